The number of aliphatic hydroxyl groups is 1. The van der Waals surface area contributed by atoms with Crippen LogP contribution in [-0.2, 0) is 6.54 Å². The molecule has 0 unspecified atom stereocenters. The highest BCUT2D eigenvalue weighted by atomic mass is 16.3. The van der Waals surface area contributed by atoms with Gasteiger partial charge < -0.3 is 26.0 Å². The van der Waals surface area contributed by atoms with Gasteiger partial charge in [-0.25, -0.2) is 4.79 Å². The van der Waals surface area contributed by atoms with Crippen LogP contribution in [0.4, 0.5) is 21.9 Å². The van der Waals surface area contributed by atoms with Gasteiger partial charge in [0, 0.05) is 11.8 Å². The van der Waals surface area contributed by atoms with Crippen molar-refractivity contribution in [2.45, 2.75) is 6.54 Å². The average Bonchev–Trinajstić information content (AvgIpc) is 3.01. The van der Waals surface area contributed by atoms with Crippen LogP contribution in [0.3, 0.4) is 0 Å². The molecule has 0 saturated carbocycles. The number of anilines is 3. The largest absolute Gasteiger partial charge is 0.494 e. The number of aromatic nitrogens is 1. The second-order valence-corrected chi connectivity index (χ2v) is 6.09. The Bertz CT molecular complexity index is 1080. The van der Waals surface area contributed by atoms with E-state index in [9.17, 15) is 19.8 Å². The van der Waals surface area contributed by atoms with Gasteiger partial charge in [-0.3, -0.25) is 9.36 Å². The van der Waals surface area contributed by atoms with Crippen LogP contribution in [-0.4, -0.2) is 38.4 Å². The predicted octanol–water partition coefficient (Wildman–Crippen LogP) is 3.46. The van der Waals surface area contributed by atoms with Crippen molar-refractivity contribution in [1.82, 2.24) is 4.57 Å². The SMILES string of the molecule is O=C(N=NC(=O)c1ccccc1Nc1cc(O)n(CCO)c1O)Nc1ccccc1. The lowest BCUT2D eigenvalue weighted by atomic mass is 10.1. The van der Waals surface area contributed by atoms with Gasteiger partial charge in [0.05, 0.1) is 24.4 Å². The molecule has 10 heteroatoms. The van der Waals surface area contributed by atoms with Gasteiger partial charge in [0.2, 0.25) is 5.88 Å². The van der Waals surface area contributed by atoms with Crippen LogP contribution in [0, 0.1) is 0 Å². The Balaban J connectivity index is 1.75. The second kappa shape index (κ2) is 9.34. The fourth-order valence-corrected chi connectivity index (χ4v) is 2.68. The fourth-order valence-electron chi connectivity index (χ4n) is 2.68. The Morgan fingerprint density at radius 2 is 1.63 bits per heavy atom. The highest BCUT2D eigenvalue weighted by molar-refractivity contribution is 6.01. The van der Waals surface area contributed by atoms with Crippen LogP contribution < -0.4 is 10.6 Å². The average molecular weight is 409 g/mol. The first kappa shape index (κ1) is 20.6. The van der Waals surface area contributed by atoms with Crippen LogP contribution >= 0.6 is 0 Å². The number of carbonyl (C=O) groups is 2. The van der Waals surface area contributed by atoms with Crippen LogP contribution in [0.15, 0.2) is 70.9 Å². The molecule has 10 nitrogen and oxygen atoms in total. The lowest BCUT2D eigenvalue weighted by Gasteiger charge is -2.09. The van der Waals surface area contributed by atoms with Crippen molar-refractivity contribution in [3.63, 3.8) is 0 Å². The first-order valence-corrected chi connectivity index (χ1v) is 8.90. The van der Waals surface area contributed by atoms with Gasteiger partial charge in [0.15, 0.2) is 5.88 Å². The number of nitrogens with zero attached hydrogens (tertiary/aromatic N) is 3. The van der Waals surface area contributed by atoms with Crippen molar-refractivity contribution < 1.29 is 24.9 Å². The summed E-state index contributed by atoms with van der Waals surface area (Å²) in [5, 5.41) is 41.2. The second-order valence-electron chi connectivity index (χ2n) is 6.09. The molecule has 0 atom stereocenters. The van der Waals surface area contributed by atoms with Crippen LogP contribution in [0.25, 0.3) is 0 Å². The zero-order valence-electron chi connectivity index (χ0n) is 15.7. The van der Waals surface area contributed by atoms with E-state index in [0.29, 0.717) is 5.69 Å². The van der Waals surface area contributed by atoms with Gasteiger partial charge in [0.25, 0.3) is 5.91 Å². The van der Waals surface area contributed by atoms with Gasteiger partial charge >= 0.3 is 6.03 Å². The van der Waals surface area contributed by atoms with Crippen LogP contribution in [0.5, 0.6) is 11.8 Å². The Hall–Kier alpha value is -4.18. The molecule has 0 radical (unpaired) electrons. The van der Waals surface area contributed by atoms with E-state index in [1.165, 1.54) is 12.1 Å². The van der Waals surface area contributed by atoms with Crippen molar-refractivity contribution in [3.8, 4) is 11.8 Å². The maximum absolute atomic E-state index is 12.4. The van der Waals surface area contributed by atoms with E-state index in [-0.39, 0.29) is 41.8 Å². The Labute approximate surface area is 171 Å². The number of nitrogens with one attached hydrogen (secondary N) is 2. The molecule has 1 heterocycles. The molecular weight excluding hydrogens is 390 g/mol. The van der Waals surface area contributed by atoms with E-state index in [0.717, 1.165) is 4.57 Å². The standard InChI is InChI=1S/C20H19N5O5/c26-11-10-25-17(27)12-16(19(25)29)22-15-9-5-4-8-14(15)18(28)23-24-20(30)21-13-6-2-1-3-7-13/h1-9,12,22,26-27,29H,10-11H2,(H,21,30). The fraction of sp³-hybridized carbons (Fsp3) is 0.100. The van der Waals surface area contributed by atoms with Gasteiger partial charge in [-0.05, 0) is 24.3 Å². The van der Waals surface area contributed by atoms with Crippen molar-refractivity contribution in [2.75, 3.05) is 17.2 Å². The third-order valence-corrected chi connectivity index (χ3v) is 4.05. The van der Waals surface area contributed by atoms with Crippen molar-refractivity contribution in [1.29, 1.82) is 0 Å². The number of hydrogen-bond acceptors (Lipinski definition) is 6. The molecule has 0 aliphatic heterocycles. The van der Waals surface area contributed by atoms with Crippen molar-refractivity contribution in [3.05, 3.63) is 66.2 Å². The summed E-state index contributed by atoms with van der Waals surface area (Å²) in [5.74, 6) is -1.35. The Morgan fingerprint density at radius 3 is 2.37 bits per heavy atom. The van der Waals surface area contributed by atoms with E-state index in [4.69, 9.17) is 5.11 Å². The minimum atomic E-state index is -0.802. The smallest absolute Gasteiger partial charge is 0.364 e. The van der Waals surface area contributed by atoms with E-state index in [2.05, 4.69) is 20.9 Å². The number of para-hydroxylation sites is 2. The Morgan fingerprint density at radius 1 is 0.933 bits per heavy atom. The Kier molecular flexibility index (Phi) is 6.40. The molecule has 5 N–H and O–H groups in total. The van der Waals surface area contributed by atoms with Gasteiger partial charge in [0.1, 0.15) is 5.69 Å². The number of aromatic hydroxyl groups is 2. The van der Waals surface area contributed by atoms with Gasteiger partial charge in [-0.2, -0.15) is 0 Å². The van der Waals surface area contributed by atoms with E-state index in [1.54, 1.807) is 48.5 Å². The molecule has 0 fully saturated rings. The monoisotopic (exact) mass is 409 g/mol. The zero-order chi connectivity index (χ0) is 21.5. The molecule has 3 aromatic rings. The summed E-state index contributed by atoms with van der Waals surface area (Å²) in [6.45, 7) is -0.291. The normalized spacial score (nSPS) is 10.8. The molecule has 0 bridgehead atoms. The van der Waals surface area contributed by atoms with Crippen molar-refractivity contribution in [2.24, 2.45) is 10.2 Å². The first-order chi connectivity index (χ1) is 14.5. The lowest BCUT2D eigenvalue weighted by Crippen LogP contribution is -2.07. The molecule has 0 aliphatic rings. The number of aliphatic hydroxyl groups excluding tert-OH is 1. The number of benzene rings is 2. The van der Waals surface area contributed by atoms with Crippen molar-refractivity contribution >= 4 is 29.0 Å². The third-order valence-electron chi connectivity index (χ3n) is 4.05. The molecule has 30 heavy (non-hydrogen) atoms. The number of urea groups is 1. The third kappa shape index (κ3) is 4.80. The molecular formula is C20H19N5O5. The highest BCUT2D eigenvalue weighted by Crippen LogP contribution is 2.35. The number of rotatable bonds is 6. The summed E-state index contributed by atoms with van der Waals surface area (Å²) >= 11 is 0. The molecule has 0 saturated heterocycles. The molecule has 1 aromatic heterocycles. The number of hydrogen-bond donors (Lipinski definition) is 5. The summed E-state index contributed by atoms with van der Waals surface area (Å²) in [7, 11) is 0. The maximum Gasteiger partial charge on any atom is 0.364 e. The quantitative estimate of drug-likeness (QED) is 0.394. The molecule has 0 spiro atoms. The molecule has 2 aromatic carbocycles. The molecule has 3 rings (SSSR count). The number of amides is 3. The summed E-state index contributed by atoms with van der Waals surface area (Å²) in [5.41, 5.74) is 1.02. The van der Waals surface area contributed by atoms with E-state index < -0.39 is 11.9 Å². The van der Waals surface area contributed by atoms with Crippen LogP contribution in [0.1, 0.15) is 10.4 Å². The van der Waals surface area contributed by atoms with Crippen LogP contribution in [0.2, 0.25) is 0 Å². The number of carbonyl (C=O) groups excluding carboxylic acids is 2. The van der Waals surface area contributed by atoms with Gasteiger partial charge in [-0.15, -0.1) is 5.11 Å². The summed E-state index contributed by atoms with van der Waals surface area (Å²) in [4.78, 5) is 24.3. The zero-order valence-corrected chi connectivity index (χ0v) is 15.7. The topological polar surface area (TPSA) is 149 Å². The number of azo groups is 1. The lowest BCUT2D eigenvalue weighted by molar-refractivity contribution is 0.0994. The van der Waals surface area contributed by atoms with E-state index in [1.807, 2.05) is 0 Å². The maximum atomic E-state index is 12.4. The van der Waals surface area contributed by atoms with Gasteiger partial charge in [-0.1, -0.05) is 35.4 Å². The molecule has 3 amide bonds. The summed E-state index contributed by atoms with van der Waals surface area (Å²) in [6, 6.07) is 15.3. The predicted molar refractivity (Wildman–Crippen MR) is 109 cm³/mol. The minimum absolute atomic E-state index is 0.00926. The highest BCUT2D eigenvalue weighted by Gasteiger charge is 2.17. The summed E-state index contributed by atoms with van der Waals surface area (Å²) in [6.07, 6.45) is 0. The minimum Gasteiger partial charge on any atom is -0.494 e. The molecule has 0 aliphatic carbocycles. The molecule has 154 valence electrons. The first-order valence-electron chi connectivity index (χ1n) is 8.90. The summed E-state index contributed by atoms with van der Waals surface area (Å²) < 4.78 is 1.10. The van der Waals surface area contributed by atoms with E-state index >= 15 is 0 Å².